The standard InChI is InChI=1S/C45H76O11/c1-3-5-7-9-11-13-15-17-18-19-20-22-23-25-27-29-31-33-38(46)53-35-37(36-54-45-42(50)40(48)41(49)43(56-45)44(51)52)55-39(47)34-32-30-28-26-24-21-16-14-12-10-8-6-4-2/h5,7,11,13,17-18,20,22,37,40-43,45,48-50H,3-4,6,8-10,12,14-16,19,21,23-36H2,1-2H3,(H,51,52)/b7-5-,13-11-,18-17-,22-20-. The van der Waals surface area contributed by atoms with Gasteiger partial charge in [-0.3, -0.25) is 9.59 Å². The lowest BCUT2D eigenvalue weighted by Crippen LogP contribution is -2.60. The maximum atomic E-state index is 12.7. The Hall–Kier alpha value is -2.83. The molecule has 0 aromatic heterocycles. The number of carbonyl (C=O) groups is 3. The fourth-order valence-electron chi connectivity index (χ4n) is 6.28. The Balaban J connectivity index is 2.40. The highest BCUT2D eigenvalue weighted by atomic mass is 16.7. The number of carbonyl (C=O) groups excluding carboxylic acids is 2. The highest BCUT2D eigenvalue weighted by Crippen LogP contribution is 2.23. The van der Waals surface area contributed by atoms with Gasteiger partial charge in [0.05, 0.1) is 6.61 Å². The van der Waals surface area contributed by atoms with Gasteiger partial charge in [-0.2, -0.15) is 0 Å². The van der Waals surface area contributed by atoms with Crippen molar-refractivity contribution in [3.8, 4) is 0 Å². The van der Waals surface area contributed by atoms with Gasteiger partial charge in [0.2, 0.25) is 0 Å². The van der Waals surface area contributed by atoms with Crippen molar-refractivity contribution in [3.63, 3.8) is 0 Å². The molecular formula is C45H76O11. The molecule has 6 atom stereocenters. The van der Waals surface area contributed by atoms with Crippen LogP contribution in [0, 0.1) is 0 Å². The molecule has 322 valence electrons. The van der Waals surface area contributed by atoms with Crippen molar-refractivity contribution >= 4 is 17.9 Å². The molecule has 1 fully saturated rings. The summed E-state index contributed by atoms with van der Waals surface area (Å²) >= 11 is 0. The normalized spacial score (nSPS) is 20.8. The van der Waals surface area contributed by atoms with Crippen molar-refractivity contribution in [2.45, 2.75) is 205 Å². The van der Waals surface area contributed by atoms with Gasteiger partial charge in [0.25, 0.3) is 0 Å². The molecule has 0 spiro atoms. The van der Waals surface area contributed by atoms with E-state index in [9.17, 15) is 34.8 Å². The molecule has 4 N–H and O–H groups in total. The van der Waals surface area contributed by atoms with Crippen LogP contribution >= 0.6 is 0 Å². The summed E-state index contributed by atoms with van der Waals surface area (Å²) in [5, 5.41) is 39.8. The number of hydrogen-bond acceptors (Lipinski definition) is 10. The smallest absolute Gasteiger partial charge is 0.335 e. The predicted molar refractivity (Wildman–Crippen MR) is 220 cm³/mol. The first-order chi connectivity index (χ1) is 27.2. The van der Waals surface area contributed by atoms with Crippen LogP contribution in [0.4, 0.5) is 0 Å². The van der Waals surface area contributed by atoms with Gasteiger partial charge in [0.1, 0.15) is 24.9 Å². The lowest BCUT2D eigenvalue weighted by molar-refractivity contribution is -0.298. The topological polar surface area (TPSA) is 169 Å². The summed E-state index contributed by atoms with van der Waals surface area (Å²) in [4.78, 5) is 36.8. The minimum Gasteiger partial charge on any atom is -0.479 e. The van der Waals surface area contributed by atoms with Crippen LogP contribution in [-0.4, -0.2) is 88.4 Å². The summed E-state index contributed by atoms with van der Waals surface area (Å²) in [6, 6.07) is 0. The van der Waals surface area contributed by atoms with E-state index in [1.165, 1.54) is 57.8 Å². The van der Waals surface area contributed by atoms with E-state index < -0.39 is 61.3 Å². The van der Waals surface area contributed by atoms with Crippen molar-refractivity contribution in [2.75, 3.05) is 13.2 Å². The van der Waals surface area contributed by atoms with Crippen LogP contribution in [0.5, 0.6) is 0 Å². The zero-order valence-corrected chi connectivity index (χ0v) is 34.6. The quantitative estimate of drug-likeness (QED) is 0.0275. The Morgan fingerprint density at radius 2 is 1.05 bits per heavy atom. The van der Waals surface area contributed by atoms with Gasteiger partial charge in [-0.1, -0.05) is 152 Å². The highest BCUT2D eigenvalue weighted by Gasteiger charge is 2.47. The number of esters is 2. The van der Waals surface area contributed by atoms with Crippen molar-refractivity contribution in [1.29, 1.82) is 0 Å². The number of carboxylic acids is 1. The van der Waals surface area contributed by atoms with Gasteiger partial charge < -0.3 is 39.4 Å². The molecule has 1 aliphatic rings. The van der Waals surface area contributed by atoms with Crippen molar-refractivity contribution in [2.24, 2.45) is 0 Å². The van der Waals surface area contributed by atoms with Gasteiger partial charge in [0.15, 0.2) is 18.5 Å². The Morgan fingerprint density at radius 1 is 0.571 bits per heavy atom. The summed E-state index contributed by atoms with van der Waals surface area (Å²) in [5.74, 6) is -2.48. The first kappa shape index (κ1) is 51.2. The fourth-order valence-corrected chi connectivity index (χ4v) is 6.28. The van der Waals surface area contributed by atoms with E-state index in [2.05, 4.69) is 62.5 Å². The van der Waals surface area contributed by atoms with Crippen LogP contribution < -0.4 is 0 Å². The second kappa shape index (κ2) is 35.3. The van der Waals surface area contributed by atoms with Crippen LogP contribution in [0.3, 0.4) is 0 Å². The molecule has 11 heteroatoms. The fraction of sp³-hybridized carbons (Fsp3) is 0.756. The molecule has 1 heterocycles. The molecule has 0 aliphatic carbocycles. The maximum absolute atomic E-state index is 12.7. The Bertz CT molecular complexity index is 1120. The number of ether oxygens (including phenoxy) is 4. The number of aliphatic hydroxyl groups is 3. The third kappa shape index (κ3) is 26.9. The highest BCUT2D eigenvalue weighted by molar-refractivity contribution is 5.73. The summed E-state index contributed by atoms with van der Waals surface area (Å²) in [5.41, 5.74) is 0. The lowest BCUT2D eigenvalue weighted by atomic mass is 9.99. The van der Waals surface area contributed by atoms with Crippen LogP contribution in [0.2, 0.25) is 0 Å². The van der Waals surface area contributed by atoms with Gasteiger partial charge >= 0.3 is 17.9 Å². The molecule has 0 radical (unpaired) electrons. The van der Waals surface area contributed by atoms with Crippen LogP contribution in [0.1, 0.15) is 168 Å². The zero-order chi connectivity index (χ0) is 41.1. The molecule has 0 aromatic carbocycles. The van der Waals surface area contributed by atoms with E-state index in [0.29, 0.717) is 12.8 Å². The maximum Gasteiger partial charge on any atom is 0.335 e. The summed E-state index contributed by atoms with van der Waals surface area (Å²) in [6.07, 6.45) is 31.6. The molecule has 1 saturated heterocycles. The molecule has 0 saturated carbocycles. The second-order valence-electron chi connectivity index (χ2n) is 14.8. The van der Waals surface area contributed by atoms with Gasteiger partial charge in [-0.25, -0.2) is 4.79 Å². The summed E-state index contributed by atoms with van der Waals surface area (Å²) in [7, 11) is 0. The van der Waals surface area contributed by atoms with Gasteiger partial charge in [-0.15, -0.1) is 0 Å². The molecule has 11 nitrogen and oxygen atoms in total. The van der Waals surface area contributed by atoms with Crippen molar-refractivity contribution in [3.05, 3.63) is 48.6 Å². The zero-order valence-electron chi connectivity index (χ0n) is 34.6. The van der Waals surface area contributed by atoms with Gasteiger partial charge in [-0.05, 0) is 51.4 Å². The van der Waals surface area contributed by atoms with E-state index in [1.807, 2.05) is 0 Å². The number of aliphatic hydroxyl groups excluding tert-OH is 3. The average Bonchev–Trinajstić information content (AvgIpc) is 3.18. The van der Waals surface area contributed by atoms with Crippen LogP contribution in [0.25, 0.3) is 0 Å². The molecule has 1 aliphatic heterocycles. The Morgan fingerprint density at radius 3 is 1.59 bits per heavy atom. The molecule has 0 amide bonds. The van der Waals surface area contributed by atoms with E-state index in [4.69, 9.17) is 18.9 Å². The number of aliphatic carboxylic acids is 1. The summed E-state index contributed by atoms with van der Waals surface area (Å²) < 4.78 is 21.7. The SMILES string of the molecule is CC/C=C\C/C=C\C/C=C\C/C=C\CCCCCCC(=O)OCC(COC1OC(C(=O)O)C(O)C(O)C1O)OC(=O)CCCCCCCCCCCCCCC. The number of hydrogen-bond donors (Lipinski definition) is 4. The Labute approximate surface area is 337 Å². The van der Waals surface area contributed by atoms with Crippen LogP contribution in [-0.2, 0) is 33.3 Å². The average molecular weight is 793 g/mol. The van der Waals surface area contributed by atoms with E-state index in [1.54, 1.807) is 0 Å². The Kier molecular flexibility index (Phi) is 32.3. The molecule has 6 unspecified atom stereocenters. The van der Waals surface area contributed by atoms with Crippen LogP contribution in [0.15, 0.2) is 48.6 Å². The minimum atomic E-state index is -1.86. The number of carboxylic acid groups (broad SMARTS) is 1. The monoisotopic (exact) mass is 793 g/mol. The lowest BCUT2D eigenvalue weighted by Gasteiger charge is -2.38. The first-order valence-electron chi connectivity index (χ1n) is 21.7. The first-order valence-corrected chi connectivity index (χ1v) is 21.7. The molecule has 1 rings (SSSR count). The number of allylic oxidation sites excluding steroid dienone is 8. The van der Waals surface area contributed by atoms with Crippen molar-refractivity contribution < 1.29 is 53.8 Å². The third-order valence-electron chi connectivity index (χ3n) is 9.69. The van der Waals surface area contributed by atoms with Crippen molar-refractivity contribution in [1.82, 2.24) is 0 Å². The summed E-state index contributed by atoms with van der Waals surface area (Å²) in [6.45, 7) is 3.67. The predicted octanol–water partition coefficient (Wildman–Crippen LogP) is 8.98. The van der Waals surface area contributed by atoms with Gasteiger partial charge in [0, 0.05) is 12.8 Å². The molecular weight excluding hydrogens is 716 g/mol. The number of unbranched alkanes of at least 4 members (excludes halogenated alkanes) is 16. The minimum absolute atomic E-state index is 0.178. The van der Waals surface area contributed by atoms with E-state index in [0.717, 1.165) is 70.6 Å². The number of rotatable bonds is 35. The molecule has 0 aromatic rings. The molecule has 56 heavy (non-hydrogen) atoms. The van der Waals surface area contributed by atoms with E-state index >= 15 is 0 Å². The second-order valence-corrected chi connectivity index (χ2v) is 14.8. The molecule has 0 bridgehead atoms. The van der Waals surface area contributed by atoms with E-state index in [-0.39, 0.29) is 19.4 Å². The largest absolute Gasteiger partial charge is 0.479 e. The third-order valence-corrected chi connectivity index (χ3v) is 9.69.